The SMILES string of the molecule is Cn1ncc2c(SCc3ccccc3F)ncnc21. The average Bonchev–Trinajstić information content (AvgIpc) is 2.81. The lowest BCUT2D eigenvalue weighted by atomic mass is 10.2. The van der Waals surface area contributed by atoms with Gasteiger partial charge < -0.3 is 0 Å². The smallest absolute Gasteiger partial charge is 0.162 e. The Balaban J connectivity index is 1.88. The molecule has 0 saturated heterocycles. The highest BCUT2D eigenvalue weighted by atomic mass is 32.2. The molecule has 0 amide bonds. The molecule has 0 saturated carbocycles. The molecule has 0 atom stereocenters. The maximum Gasteiger partial charge on any atom is 0.162 e. The zero-order valence-electron chi connectivity index (χ0n) is 10.2. The van der Waals surface area contributed by atoms with E-state index in [4.69, 9.17) is 0 Å². The number of thioether (sulfide) groups is 1. The van der Waals surface area contributed by atoms with Crippen molar-refractivity contribution in [3.63, 3.8) is 0 Å². The minimum Gasteiger partial charge on any atom is -0.250 e. The van der Waals surface area contributed by atoms with Crippen molar-refractivity contribution in [2.75, 3.05) is 0 Å². The van der Waals surface area contributed by atoms with Crippen molar-refractivity contribution in [2.24, 2.45) is 7.05 Å². The number of fused-ring (bicyclic) bond motifs is 1. The summed E-state index contributed by atoms with van der Waals surface area (Å²) in [7, 11) is 1.83. The Bertz CT molecular complexity index is 725. The first-order valence-corrected chi connectivity index (χ1v) is 6.73. The Morgan fingerprint density at radius 3 is 2.95 bits per heavy atom. The van der Waals surface area contributed by atoms with Crippen LogP contribution in [-0.2, 0) is 12.8 Å². The fourth-order valence-electron chi connectivity index (χ4n) is 1.82. The number of nitrogens with zero attached hydrogens (tertiary/aromatic N) is 4. The zero-order chi connectivity index (χ0) is 13.2. The van der Waals surface area contributed by atoms with Gasteiger partial charge in [0.1, 0.15) is 17.2 Å². The Labute approximate surface area is 113 Å². The van der Waals surface area contributed by atoms with Gasteiger partial charge in [-0.3, -0.25) is 4.68 Å². The normalized spacial score (nSPS) is 11.1. The van der Waals surface area contributed by atoms with Gasteiger partial charge in [0.15, 0.2) is 5.65 Å². The van der Waals surface area contributed by atoms with E-state index in [0.29, 0.717) is 11.3 Å². The number of rotatable bonds is 3. The summed E-state index contributed by atoms with van der Waals surface area (Å²) in [4.78, 5) is 8.42. The Hall–Kier alpha value is -1.95. The lowest BCUT2D eigenvalue weighted by Crippen LogP contribution is -1.93. The summed E-state index contributed by atoms with van der Waals surface area (Å²) < 4.78 is 15.2. The minimum atomic E-state index is -0.188. The number of aryl methyl sites for hydroxylation is 1. The lowest BCUT2D eigenvalue weighted by molar-refractivity contribution is 0.617. The van der Waals surface area contributed by atoms with E-state index in [2.05, 4.69) is 15.1 Å². The predicted molar refractivity (Wildman–Crippen MR) is 72.3 cm³/mol. The minimum absolute atomic E-state index is 0.188. The molecule has 4 nitrogen and oxygen atoms in total. The molecule has 3 rings (SSSR count). The van der Waals surface area contributed by atoms with Crippen LogP contribution in [0.1, 0.15) is 5.56 Å². The average molecular weight is 274 g/mol. The first kappa shape index (κ1) is 12.1. The summed E-state index contributed by atoms with van der Waals surface area (Å²) in [6.07, 6.45) is 3.24. The zero-order valence-corrected chi connectivity index (χ0v) is 11.1. The van der Waals surface area contributed by atoms with Crippen molar-refractivity contribution in [3.8, 4) is 0 Å². The highest BCUT2D eigenvalue weighted by molar-refractivity contribution is 7.98. The third kappa shape index (κ3) is 2.31. The molecule has 0 aliphatic heterocycles. The summed E-state index contributed by atoms with van der Waals surface area (Å²) >= 11 is 1.49. The van der Waals surface area contributed by atoms with E-state index in [9.17, 15) is 4.39 Å². The van der Waals surface area contributed by atoms with Crippen LogP contribution in [0.5, 0.6) is 0 Å². The van der Waals surface area contributed by atoms with Crippen LogP contribution < -0.4 is 0 Å². The number of hydrogen-bond donors (Lipinski definition) is 0. The maximum atomic E-state index is 13.5. The van der Waals surface area contributed by atoms with Gasteiger partial charge in [-0.25, -0.2) is 14.4 Å². The van der Waals surface area contributed by atoms with Gasteiger partial charge in [0, 0.05) is 12.8 Å². The van der Waals surface area contributed by atoms with Gasteiger partial charge in [0.05, 0.1) is 11.6 Å². The highest BCUT2D eigenvalue weighted by Gasteiger charge is 2.09. The third-order valence-corrected chi connectivity index (χ3v) is 3.87. The monoisotopic (exact) mass is 274 g/mol. The Morgan fingerprint density at radius 2 is 2.11 bits per heavy atom. The third-order valence-electron chi connectivity index (χ3n) is 2.82. The molecule has 96 valence electrons. The molecule has 19 heavy (non-hydrogen) atoms. The van der Waals surface area contributed by atoms with E-state index < -0.39 is 0 Å². The van der Waals surface area contributed by atoms with Gasteiger partial charge in [-0.2, -0.15) is 5.10 Å². The molecule has 6 heteroatoms. The molecule has 3 aromatic rings. The maximum absolute atomic E-state index is 13.5. The second-order valence-electron chi connectivity index (χ2n) is 4.06. The van der Waals surface area contributed by atoms with Gasteiger partial charge >= 0.3 is 0 Å². The molecule has 2 aromatic heterocycles. The second-order valence-corrected chi connectivity index (χ2v) is 5.03. The summed E-state index contributed by atoms with van der Waals surface area (Å²) in [6.45, 7) is 0. The van der Waals surface area contributed by atoms with Crippen molar-refractivity contribution in [3.05, 3.63) is 48.2 Å². The van der Waals surface area contributed by atoms with Gasteiger partial charge in [-0.1, -0.05) is 18.2 Å². The fraction of sp³-hybridized carbons (Fsp3) is 0.154. The molecule has 0 aliphatic rings. The molecular formula is C13H11FN4S. The number of benzene rings is 1. The lowest BCUT2D eigenvalue weighted by Gasteiger charge is -2.03. The van der Waals surface area contributed by atoms with E-state index in [1.165, 1.54) is 24.2 Å². The quantitative estimate of drug-likeness (QED) is 0.544. The largest absolute Gasteiger partial charge is 0.250 e. The molecular weight excluding hydrogens is 263 g/mol. The molecule has 0 radical (unpaired) electrons. The van der Waals surface area contributed by atoms with Crippen molar-refractivity contribution in [1.29, 1.82) is 0 Å². The van der Waals surface area contributed by atoms with Gasteiger partial charge in [0.25, 0.3) is 0 Å². The van der Waals surface area contributed by atoms with E-state index in [-0.39, 0.29) is 5.82 Å². The van der Waals surface area contributed by atoms with Crippen LogP contribution in [-0.4, -0.2) is 19.7 Å². The van der Waals surface area contributed by atoms with Gasteiger partial charge in [0.2, 0.25) is 0 Å². The van der Waals surface area contributed by atoms with Gasteiger partial charge in [-0.05, 0) is 11.6 Å². The summed E-state index contributed by atoms with van der Waals surface area (Å²) in [5, 5.41) is 5.87. The standard InChI is InChI=1S/C13H11FN4S/c1-18-12-10(6-17-18)13(16-8-15-12)19-7-9-4-2-3-5-11(9)14/h2-6,8H,7H2,1H3. The second kappa shape index (κ2) is 4.97. The first-order chi connectivity index (χ1) is 9.25. The van der Waals surface area contributed by atoms with E-state index in [0.717, 1.165) is 16.1 Å². The number of aromatic nitrogens is 4. The van der Waals surface area contributed by atoms with E-state index >= 15 is 0 Å². The molecule has 1 aromatic carbocycles. The van der Waals surface area contributed by atoms with E-state index in [1.54, 1.807) is 23.0 Å². The highest BCUT2D eigenvalue weighted by Crippen LogP contribution is 2.27. The van der Waals surface area contributed by atoms with Gasteiger partial charge in [-0.15, -0.1) is 11.8 Å². The van der Waals surface area contributed by atoms with E-state index in [1.807, 2.05) is 13.1 Å². The van der Waals surface area contributed by atoms with Crippen LogP contribution in [0.15, 0.2) is 41.8 Å². The van der Waals surface area contributed by atoms with Crippen LogP contribution in [0.4, 0.5) is 4.39 Å². The molecule has 0 spiro atoms. The summed E-state index contributed by atoms with van der Waals surface area (Å²) in [5.74, 6) is 0.347. The summed E-state index contributed by atoms with van der Waals surface area (Å²) in [6, 6.07) is 6.77. The first-order valence-electron chi connectivity index (χ1n) is 5.74. The molecule has 0 aliphatic carbocycles. The molecule has 0 unspecified atom stereocenters. The fourth-order valence-corrected chi connectivity index (χ4v) is 2.76. The van der Waals surface area contributed by atoms with Crippen molar-refractivity contribution in [1.82, 2.24) is 19.7 Å². The van der Waals surface area contributed by atoms with Crippen molar-refractivity contribution >= 4 is 22.8 Å². The topological polar surface area (TPSA) is 43.6 Å². The van der Waals surface area contributed by atoms with Crippen LogP contribution in [0.25, 0.3) is 11.0 Å². The van der Waals surface area contributed by atoms with Crippen LogP contribution >= 0.6 is 11.8 Å². The number of halogens is 1. The molecule has 2 heterocycles. The Morgan fingerprint density at radius 1 is 1.26 bits per heavy atom. The molecule has 0 bridgehead atoms. The predicted octanol–water partition coefficient (Wildman–Crippen LogP) is 2.79. The van der Waals surface area contributed by atoms with Crippen LogP contribution in [0.2, 0.25) is 0 Å². The number of hydrogen-bond acceptors (Lipinski definition) is 4. The molecule has 0 fully saturated rings. The van der Waals surface area contributed by atoms with Crippen molar-refractivity contribution < 1.29 is 4.39 Å². The summed E-state index contributed by atoms with van der Waals surface area (Å²) in [5.41, 5.74) is 1.45. The van der Waals surface area contributed by atoms with Crippen LogP contribution in [0.3, 0.4) is 0 Å². The van der Waals surface area contributed by atoms with Crippen LogP contribution in [0, 0.1) is 5.82 Å². The molecule has 0 N–H and O–H groups in total. The Kier molecular flexibility index (Phi) is 3.16. The van der Waals surface area contributed by atoms with Crippen molar-refractivity contribution in [2.45, 2.75) is 10.8 Å².